The van der Waals surface area contributed by atoms with Crippen molar-refractivity contribution < 1.29 is 33.8 Å². The summed E-state index contributed by atoms with van der Waals surface area (Å²) in [5, 5.41) is 15.4. The summed E-state index contributed by atoms with van der Waals surface area (Å²) in [6, 6.07) is -0.880. The van der Waals surface area contributed by atoms with Gasteiger partial charge in [0.2, 0.25) is 11.8 Å². The summed E-state index contributed by atoms with van der Waals surface area (Å²) in [6.07, 6.45) is -0.981. The molecule has 0 bridgehead atoms. The van der Waals surface area contributed by atoms with E-state index in [2.05, 4.69) is 10.6 Å². The van der Waals surface area contributed by atoms with Gasteiger partial charge in [-0.3, -0.25) is 14.4 Å². The third kappa shape index (κ3) is 3.53. The van der Waals surface area contributed by atoms with Gasteiger partial charge in [-0.05, 0) is 20.8 Å². The Labute approximate surface area is 151 Å². The van der Waals surface area contributed by atoms with Crippen molar-refractivity contribution >= 4 is 23.8 Å². The number of hydrogen-bond acceptors (Lipinski definition) is 7. The molecule has 0 radical (unpaired) electrons. The number of amides is 2. The van der Waals surface area contributed by atoms with Gasteiger partial charge in [-0.1, -0.05) is 0 Å². The summed E-state index contributed by atoms with van der Waals surface area (Å²) in [5.41, 5.74) is -1.51. The second-order valence-electron chi connectivity index (χ2n) is 6.76. The van der Waals surface area contributed by atoms with Gasteiger partial charge in [-0.2, -0.15) is 0 Å². The monoisotopic (exact) mass is 370 g/mol. The Morgan fingerprint density at radius 3 is 2.35 bits per heavy atom. The molecule has 0 spiro atoms. The third-order valence-corrected chi connectivity index (χ3v) is 4.98. The minimum Gasteiger partial charge on any atom is -0.466 e. The normalized spacial score (nSPS) is 32.8. The highest BCUT2D eigenvalue weighted by Gasteiger charge is 2.76. The summed E-state index contributed by atoms with van der Waals surface area (Å²) >= 11 is 0. The third-order valence-electron chi connectivity index (χ3n) is 4.98. The number of esters is 2. The molecule has 6 atom stereocenters. The molecule has 0 aromatic carbocycles. The predicted octanol–water partition coefficient (Wildman–Crippen LogP) is -0.881. The van der Waals surface area contributed by atoms with Crippen LogP contribution in [0.1, 0.15) is 34.1 Å². The zero-order valence-corrected chi connectivity index (χ0v) is 15.4. The Morgan fingerprint density at radius 1 is 1.19 bits per heavy atom. The molecule has 2 amide bonds. The molecule has 2 rings (SSSR count). The molecule has 0 heterocycles. The van der Waals surface area contributed by atoms with E-state index < -0.39 is 59.2 Å². The van der Waals surface area contributed by atoms with Crippen molar-refractivity contribution in [2.45, 2.75) is 51.8 Å². The first-order valence-electron chi connectivity index (χ1n) is 8.80. The summed E-state index contributed by atoms with van der Waals surface area (Å²) in [6.45, 7) is 6.33. The fourth-order valence-corrected chi connectivity index (χ4v) is 3.96. The van der Waals surface area contributed by atoms with Gasteiger partial charge in [0.05, 0.1) is 25.2 Å². The number of hydrogen-bond donors (Lipinski definition) is 3. The Balaban J connectivity index is 2.26. The maximum absolute atomic E-state index is 12.7. The van der Waals surface area contributed by atoms with Crippen LogP contribution < -0.4 is 10.6 Å². The van der Waals surface area contributed by atoms with Crippen molar-refractivity contribution in [2.24, 2.45) is 17.8 Å². The van der Waals surface area contributed by atoms with Crippen LogP contribution in [0.4, 0.5) is 0 Å². The zero-order valence-electron chi connectivity index (χ0n) is 15.4. The van der Waals surface area contributed by atoms with Gasteiger partial charge in [0.25, 0.3) is 0 Å². The van der Waals surface area contributed by atoms with E-state index in [0.29, 0.717) is 0 Å². The molecule has 2 aliphatic carbocycles. The van der Waals surface area contributed by atoms with Crippen molar-refractivity contribution in [2.75, 3.05) is 13.2 Å². The molecule has 0 aromatic heterocycles. The summed E-state index contributed by atoms with van der Waals surface area (Å²) < 4.78 is 10.1. The molecule has 0 aliphatic heterocycles. The summed E-state index contributed by atoms with van der Waals surface area (Å²) in [7, 11) is 0. The quantitative estimate of drug-likeness (QED) is 0.496. The van der Waals surface area contributed by atoms with Crippen molar-refractivity contribution in [3.8, 4) is 0 Å². The lowest BCUT2D eigenvalue weighted by Gasteiger charge is -2.32. The minimum atomic E-state index is -1.51. The van der Waals surface area contributed by atoms with Crippen LogP contribution >= 0.6 is 0 Å². The van der Waals surface area contributed by atoms with Crippen LogP contribution in [-0.2, 0) is 28.7 Å². The van der Waals surface area contributed by atoms with Crippen molar-refractivity contribution in [3.05, 3.63) is 0 Å². The number of carbonyl (C=O) groups is 4. The minimum absolute atomic E-state index is 0.0460. The number of aliphatic hydroxyl groups excluding tert-OH is 1. The van der Waals surface area contributed by atoms with E-state index in [4.69, 9.17) is 9.47 Å². The molecule has 146 valence electrons. The molecule has 9 heteroatoms. The first-order chi connectivity index (χ1) is 12.2. The predicted molar refractivity (Wildman–Crippen MR) is 88.5 cm³/mol. The second-order valence-corrected chi connectivity index (χ2v) is 6.76. The highest BCUT2D eigenvalue weighted by Crippen LogP contribution is 2.63. The number of carbonyl (C=O) groups excluding carboxylic acids is 4. The zero-order chi connectivity index (χ0) is 19.6. The van der Waals surface area contributed by atoms with Crippen LogP contribution in [-0.4, -0.2) is 59.8 Å². The Hall–Kier alpha value is -2.16. The molecular formula is C17H26N2O7. The van der Waals surface area contributed by atoms with Gasteiger partial charge in [-0.15, -0.1) is 0 Å². The van der Waals surface area contributed by atoms with E-state index in [1.54, 1.807) is 13.8 Å². The molecule has 26 heavy (non-hydrogen) atoms. The van der Waals surface area contributed by atoms with Crippen LogP contribution in [0.2, 0.25) is 0 Å². The van der Waals surface area contributed by atoms with E-state index in [1.165, 1.54) is 13.8 Å². The molecule has 0 unspecified atom stereocenters. The van der Waals surface area contributed by atoms with Gasteiger partial charge in [0, 0.05) is 25.2 Å². The number of nitrogens with one attached hydrogen (secondary N) is 2. The Morgan fingerprint density at radius 2 is 1.81 bits per heavy atom. The topological polar surface area (TPSA) is 131 Å². The maximum atomic E-state index is 12.7. The largest absolute Gasteiger partial charge is 0.466 e. The highest BCUT2D eigenvalue weighted by atomic mass is 16.5. The van der Waals surface area contributed by atoms with Gasteiger partial charge >= 0.3 is 11.9 Å². The maximum Gasteiger partial charge on any atom is 0.332 e. The lowest BCUT2D eigenvalue weighted by Crippen LogP contribution is -2.60. The van der Waals surface area contributed by atoms with Gasteiger partial charge in [0.1, 0.15) is 11.6 Å². The molecule has 2 saturated carbocycles. The SMILES string of the molecule is CCOC(=O)[C@H]1[C@H]2[C@@H]1[C@](NC(=O)[C@H](C)NC(C)=O)(C(=O)OCC)C[C@@H]2O. The lowest BCUT2D eigenvalue weighted by molar-refractivity contribution is -0.156. The first-order valence-corrected chi connectivity index (χ1v) is 8.80. The van der Waals surface area contributed by atoms with E-state index in [0.717, 1.165) is 0 Å². The molecule has 9 nitrogen and oxygen atoms in total. The number of ether oxygens (including phenoxy) is 2. The van der Waals surface area contributed by atoms with E-state index >= 15 is 0 Å². The average molecular weight is 370 g/mol. The van der Waals surface area contributed by atoms with Crippen molar-refractivity contribution in [1.29, 1.82) is 0 Å². The van der Waals surface area contributed by atoms with Crippen LogP contribution in [0.25, 0.3) is 0 Å². The number of aliphatic hydroxyl groups is 1. The second kappa shape index (κ2) is 7.61. The fourth-order valence-electron chi connectivity index (χ4n) is 3.96. The fraction of sp³-hybridized carbons (Fsp3) is 0.765. The summed E-state index contributed by atoms with van der Waals surface area (Å²) in [5.74, 6) is -3.90. The molecular weight excluding hydrogens is 344 g/mol. The standard InChI is InChI=1S/C17H26N2O7/c1-5-25-15(23)12-11-10(21)7-17(13(11)12,16(24)26-6-2)19-14(22)8(3)18-9(4)20/h8,10-13,21H,5-7H2,1-4H3,(H,18,20)(H,19,22)/t8-,10-,11-,12-,13-,17-/m0/s1. The molecule has 0 saturated heterocycles. The smallest absolute Gasteiger partial charge is 0.332 e. The molecule has 2 aliphatic rings. The average Bonchev–Trinajstić information content (AvgIpc) is 3.23. The first kappa shape index (κ1) is 20.2. The van der Waals surface area contributed by atoms with Crippen LogP contribution in [0.5, 0.6) is 0 Å². The summed E-state index contributed by atoms with van der Waals surface area (Å²) in [4.78, 5) is 48.5. The van der Waals surface area contributed by atoms with E-state index in [1.807, 2.05) is 0 Å². The number of rotatable bonds is 7. The molecule has 0 aromatic rings. The van der Waals surface area contributed by atoms with Crippen molar-refractivity contribution in [1.82, 2.24) is 10.6 Å². The highest BCUT2D eigenvalue weighted by molar-refractivity contribution is 5.94. The van der Waals surface area contributed by atoms with Gasteiger partial charge in [-0.25, -0.2) is 4.79 Å². The Kier molecular flexibility index (Phi) is 5.90. The Bertz CT molecular complexity index is 608. The van der Waals surface area contributed by atoms with Crippen LogP contribution in [0.3, 0.4) is 0 Å². The van der Waals surface area contributed by atoms with E-state index in [-0.39, 0.29) is 19.6 Å². The van der Waals surface area contributed by atoms with Gasteiger partial charge < -0.3 is 25.2 Å². The van der Waals surface area contributed by atoms with Crippen LogP contribution in [0.15, 0.2) is 0 Å². The van der Waals surface area contributed by atoms with Gasteiger partial charge in [0.15, 0.2) is 0 Å². The molecule has 3 N–H and O–H groups in total. The lowest BCUT2D eigenvalue weighted by atomic mass is 9.89. The molecule has 2 fully saturated rings. The van der Waals surface area contributed by atoms with Crippen LogP contribution in [0, 0.1) is 17.8 Å². The number of fused-ring (bicyclic) bond motifs is 1. The van der Waals surface area contributed by atoms with Crippen molar-refractivity contribution in [3.63, 3.8) is 0 Å². The van der Waals surface area contributed by atoms with E-state index in [9.17, 15) is 24.3 Å².